The summed E-state index contributed by atoms with van der Waals surface area (Å²) in [5, 5.41) is 3.21. The molecule has 1 unspecified atom stereocenters. The van der Waals surface area contributed by atoms with Gasteiger partial charge < -0.3 is 19.9 Å². The average molecular weight is 382 g/mol. The van der Waals surface area contributed by atoms with E-state index in [9.17, 15) is 9.59 Å². The number of carbonyl (C=O) groups is 2. The molecule has 0 aromatic heterocycles. The van der Waals surface area contributed by atoms with Crippen molar-refractivity contribution in [2.24, 2.45) is 0 Å². The Kier molecular flexibility index (Phi) is 8.35. The van der Waals surface area contributed by atoms with Gasteiger partial charge in [-0.05, 0) is 18.4 Å². The molecule has 0 radical (unpaired) electrons. The van der Waals surface area contributed by atoms with Crippen molar-refractivity contribution in [3.8, 4) is 0 Å². The standard InChI is InChI=1S/C19H27N3O3.ClH/c23-18(21-11-13-25-14-12-21)15-17-19(24)22(10-8-20-17)9-4-7-16-5-2-1-3-6-16;/h1-3,5-6,17,20H,4,7-15H2;1H. The molecule has 2 amide bonds. The SMILES string of the molecule is Cl.O=C(CC1NCCN(CCCc2ccccc2)C1=O)N1CCOCC1. The first-order chi connectivity index (χ1) is 12.2. The number of rotatable bonds is 6. The third-order valence-corrected chi connectivity index (χ3v) is 4.86. The first-order valence-corrected chi connectivity index (χ1v) is 9.15. The number of nitrogens with zero attached hydrogens (tertiary/aromatic N) is 2. The molecule has 3 rings (SSSR count). The Balaban J connectivity index is 0.00000243. The Bertz CT molecular complexity index is 579. The zero-order valence-corrected chi connectivity index (χ0v) is 15.9. The van der Waals surface area contributed by atoms with E-state index in [1.165, 1.54) is 5.56 Å². The molecule has 144 valence electrons. The smallest absolute Gasteiger partial charge is 0.240 e. The third kappa shape index (κ3) is 5.69. The monoisotopic (exact) mass is 381 g/mol. The van der Waals surface area contributed by atoms with E-state index in [4.69, 9.17) is 4.74 Å². The first kappa shape index (κ1) is 20.7. The van der Waals surface area contributed by atoms with E-state index in [0.29, 0.717) is 26.3 Å². The number of carbonyl (C=O) groups excluding carboxylic acids is 2. The predicted molar refractivity (Wildman–Crippen MR) is 102 cm³/mol. The molecule has 7 heteroatoms. The van der Waals surface area contributed by atoms with Gasteiger partial charge in [-0.15, -0.1) is 12.4 Å². The fourth-order valence-electron chi connectivity index (χ4n) is 3.41. The molecule has 6 nitrogen and oxygen atoms in total. The lowest BCUT2D eigenvalue weighted by atomic mass is 10.1. The van der Waals surface area contributed by atoms with Gasteiger partial charge in [0.15, 0.2) is 0 Å². The number of hydrogen-bond donors (Lipinski definition) is 1. The van der Waals surface area contributed by atoms with Crippen molar-refractivity contribution in [2.75, 3.05) is 45.9 Å². The van der Waals surface area contributed by atoms with Crippen LogP contribution < -0.4 is 5.32 Å². The number of hydrogen-bond acceptors (Lipinski definition) is 4. The van der Waals surface area contributed by atoms with Crippen molar-refractivity contribution in [1.29, 1.82) is 0 Å². The molecule has 26 heavy (non-hydrogen) atoms. The topological polar surface area (TPSA) is 61.9 Å². The van der Waals surface area contributed by atoms with Crippen molar-refractivity contribution in [3.63, 3.8) is 0 Å². The average Bonchev–Trinajstić information content (AvgIpc) is 2.66. The van der Waals surface area contributed by atoms with Crippen molar-refractivity contribution in [1.82, 2.24) is 15.1 Å². The maximum Gasteiger partial charge on any atom is 0.240 e. The largest absolute Gasteiger partial charge is 0.378 e. The highest BCUT2D eigenvalue weighted by Crippen LogP contribution is 2.11. The number of ether oxygens (including phenoxy) is 1. The first-order valence-electron chi connectivity index (χ1n) is 9.15. The summed E-state index contributed by atoms with van der Waals surface area (Å²) in [5.41, 5.74) is 1.30. The Hall–Kier alpha value is -1.63. The number of benzene rings is 1. The second-order valence-electron chi connectivity index (χ2n) is 6.62. The van der Waals surface area contributed by atoms with Gasteiger partial charge in [0, 0.05) is 32.7 Å². The highest BCUT2D eigenvalue weighted by molar-refractivity contribution is 5.89. The molecule has 1 atom stereocenters. The highest BCUT2D eigenvalue weighted by Gasteiger charge is 2.31. The van der Waals surface area contributed by atoms with Gasteiger partial charge in [0.25, 0.3) is 0 Å². The van der Waals surface area contributed by atoms with E-state index >= 15 is 0 Å². The number of morpholine rings is 1. The number of nitrogens with one attached hydrogen (secondary N) is 1. The summed E-state index contributed by atoms with van der Waals surface area (Å²) in [6.07, 6.45) is 2.16. The lowest BCUT2D eigenvalue weighted by molar-refractivity contribution is -0.142. The van der Waals surface area contributed by atoms with E-state index < -0.39 is 0 Å². The fourth-order valence-corrected chi connectivity index (χ4v) is 3.41. The van der Waals surface area contributed by atoms with Crippen LogP contribution in [-0.4, -0.2) is 73.6 Å². The summed E-state index contributed by atoms with van der Waals surface area (Å²) in [6, 6.07) is 9.93. The molecule has 2 heterocycles. The summed E-state index contributed by atoms with van der Waals surface area (Å²) >= 11 is 0. The number of piperazine rings is 1. The van der Waals surface area contributed by atoms with Gasteiger partial charge in [-0.2, -0.15) is 0 Å². The van der Waals surface area contributed by atoms with Crippen molar-refractivity contribution >= 4 is 24.2 Å². The Labute approximate surface area is 161 Å². The molecule has 1 N–H and O–H groups in total. The van der Waals surface area contributed by atoms with Crippen molar-refractivity contribution < 1.29 is 14.3 Å². The van der Waals surface area contributed by atoms with Gasteiger partial charge in [-0.3, -0.25) is 9.59 Å². The zero-order valence-electron chi connectivity index (χ0n) is 15.1. The maximum atomic E-state index is 12.7. The van der Waals surface area contributed by atoms with Crippen LogP contribution in [0.1, 0.15) is 18.4 Å². The lowest BCUT2D eigenvalue weighted by Gasteiger charge is -2.34. The van der Waals surface area contributed by atoms with Crippen LogP contribution in [0.5, 0.6) is 0 Å². The molecule has 0 spiro atoms. The summed E-state index contributed by atoms with van der Waals surface area (Å²) in [6.45, 7) is 4.64. The van der Waals surface area contributed by atoms with Crippen LogP contribution in [0, 0.1) is 0 Å². The normalized spacial score (nSPS) is 20.6. The van der Waals surface area contributed by atoms with Gasteiger partial charge in [0.1, 0.15) is 0 Å². The number of aryl methyl sites for hydroxylation is 1. The molecule has 0 bridgehead atoms. The summed E-state index contributed by atoms with van der Waals surface area (Å²) < 4.78 is 5.27. The van der Waals surface area contributed by atoms with Crippen LogP contribution in [0.3, 0.4) is 0 Å². The minimum Gasteiger partial charge on any atom is -0.378 e. The number of amides is 2. The Morgan fingerprint density at radius 1 is 1.15 bits per heavy atom. The van der Waals surface area contributed by atoms with Crippen LogP contribution in [0.15, 0.2) is 30.3 Å². The van der Waals surface area contributed by atoms with E-state index in [1.54, 1.807) is 4.90 Å². The molecular weight excluding hydrogens is 354 g/mol. The van der Waals surface area contributed by atoms with Gasteiger partial charge in [-0.25, -0.2) is 0 Å². The lowest BCUT2D eigenvalue weighted by Crippen LogP contribution is -2.57. The van der Waals surface area contributed by atoms with Crippen molar-refractivity contribution in [3.05, 3.63) is 35.9 Å². The van der Waals surface area contributed by atoms with Crippen LogP contribution in [0.4, 0.5) is 0 Å². The van der Waals surface area contributed by atoms with Crippen LogP contribution in [0.2, 0.25) is 0 Å². The molecule has 2 fully saturated rings. The van der Waals surface area contributed by atoms with Gasteiger partial charge in [-0.1, -0.05) is 30.3 Å². The molecule has 0 saturated carbocycles. The molecule has 2 aliphatic heterocycles. The van der Waals surface area contributed by atoms with Gasteiger partial charge >= 0.3 is 0 Å². The minimum absolute atomic E-state index is 0. The van der Waals surface area contributed by atoms with E-state index in [2.05, 4.69) is 17.4 Å². The van der Waals surface area contributed by atoms with Crippen LogP contribution in [-0.2, 0) is 20.7 Å². The van der Waals surface area contributed by atoms with E-state index in [0.717, 1.165) is 32.5 Å². The van der Waals surface area contributed by atoms with Crippen LogP contribution >= 0.6 is 12.4 Å². The molecule has 0 aliphatic carbocycles. The second-order valence-corrected chi connectivity index (χ2v) is 6.62. The molecule has 1 aromatic rings. The maximum absolute atomic E-state index is 12.7. The zero-order chi connectivity index (χ0) is 17.5. The fraction of sp³-hybridized carbons (Fsp3) is 0.579. The molecule has 1 aromatic carbocycles. The van der Waals surface area contributed by atoms with E-state index in [1.807, 2.05) is 23.1 Å². The highest BCUT2D eigenvalue weighted by atomic mass is 35.5. The summed E-state index contributed by atoms with van der Waals surface area (Å²) in [7, 11) is 0. The second kappa shape index (κ2) is 10.5. The summed E-state index contributed by atoms with van der Waals surface area (Å²) in [5.74, 6) is 0.0983. The van der Waals surface area contributed by atoms with E-state index in [-0.39, 0.29) is 36.7 Å². The van der Waals surface area contributed by atoms with Crippen LogP contribution in [0.25, 0.3) is 0 Å². The molecular formula is C19H28ClN3O3. The Morgan fingerprint density at radius 3 is 2.62 bits per heavy atom. The van der Waals surface area contributed by atoms with Gasteiger partial charge in [0.05, 0.1) is 25.7 Å². The predicted octanol–water partition coefficient (Wildman–Crippen LogP) is 1.09. The number of halogens is 1. The summed E-state index contributed by atoms with van der Waals surface area (Å²) in [4.78, 5) is 28.7. The molecule has 2 saturated heterocycles. The third-order valence-electron chi connectivity index (χ3n) is 4.86. The molecule has 2 aliphatic rings. The Morgan fingerprint density at radius 2 is 1.88 bits per heavy atom. The minimum atomic E-state index is -0.388. The van der Waals surface area contributed by atoms with Crippen molar-refractivity contribution in [2.45, 2.75) is 25.3 Å². The van der Waals surface area contributed by atoms with Gasteiger partial charge in [0.2, 0.25) is 11.8 Å². The quantitative estimate of drug-likeness (QED) is 0.801.